The van der Waals surface area contributed by atoms with Gasteiger partial charge in [-0.2, -0.15) is 13.2 Å². The van der Waals surface area contributed by atoms with Crippen molar-refractivity contribution in [1.29, 1.82) is 0 Å². The third-order valence-electron chi connectivity index (χ3n) is 2.99. The zero-order chi connectivity index (χ0) is 15.9. The van der Waals surface area contributed by atoms with E-state index in [9.17, 15) is 13.2 Å². The van der Waals surface area contributed by atoms with Crippen LogP contribution in [0.25, 0.3) is 22.3 Å². The van der Waals surface area contributed by atoms with Gasteiger partial charge in [0.2, 0.25) is 0 Å². The van der Waals surface area contributed by atoms with Crippen LogP contribution in [0.2, 0.25) is 0 Å². The van der Waals surface area contributed by atoms with Crippen molar-refractivity contribution in [3.05, 3.63) is 46.7 Å². The molecular weight excluding hydrogens is 361 g/mol. The van der Waals surface area contributed by atoms with Crippen molar-refractivity contribution in [3.63, 3.8) is 0 Å². The monoisotopic (exact) mass is 368 g/mol. The number of halogens is 4. The quantitative estimate of drug-likeness (QED) is 0.703. The second kappa shape index (κ2) is 5.20. The van der Waals surface area contributed by atoms with Gasteiger partial charge in [0, 0.05) is 21.6 Å². The van der Waals surface area contributed by atoms with Crippen LogP contribution < -0.4 is 5.73 Å². The predicted octanol–water partition coefficient (Wildman–Crippen LogP) is 4.06. The first kappa shape index (κ1) is 14.7. The van der Waals surface area contributed by atoms with Crippen LogP contribution in [0.4, 0.5) is 19.0 Å². The Hall–Kier alpha value is -2.22. The summed E-state index contributed by atoms with van der Waals surface area (Å²) in [5, 5.41) is -0.168. The van der Waals surface area contributed by atoms with E-state index >= 15 is 0 Å². The molecule has 2 N–H and O–H groups in total. The van der Waals surface area contributed by atoms with E-state index in [0.29, 0.717) is 10.0 Å². The first-order chi connectivity index (χ1) is 10.4. The lowest BCUT2D eigenvalue weighted by molar-refractivity contribution is -0.139. The fraction of sp³-hybridized carbons (Fsp3) is 0.0714. The maximum atomic E-state index is 13.3. The van der Waals surface area contributed by atoms with E-state index in [1.165, 1.54) is 12.3 Å². The molecule has 0 atom stereocenters. The summed E-state index contributed by atoms with van der Waals surface area (Å²) in [6, 6.07) is 7.91. The highest BCUT2D eigenvalue weighted by molar-refractivity contribution is 9.10. The van der Waals surface area contributed by atoms with Gasteiger partial charge < -0.3 is 5.73 Å². The molecule has 3 aromatic rings. The van der Waals surface area contributed by atoms with Crippen molar-refractivity contribution < 1.29 is 13.2 Å². The Morgan fingerprint density at radius 1 is 1.09 bits per heavy atom. The molecule has 0 amide bonds. The summed E-state index contributed by atoms with van der Waals surface area (Å²) in [4.78, 5) is 11.6. The molecule has 0 saturated carbocycles. The molecule has 2 aromatic heterocycles. The summed E-state index contributed by atoms with van der Waals surface area (Å²) in [7, 11) is 0. The number of fused-ring (bicyclic) bond motifs is 1. The lowest BCUT2D eigenvalue weighted by atomic mass is 10.1. The van der Waals surface area contributed by atoms with Gasteiger partial charge in [0.1, 0.15) is 11.3 Å². The number of nitrogen functional groups attached to an aromatic ring is 1. The number of rotatable bonds is 1. The molecule has 8 heteroatoms. The van der Waals surface area contributed by atoms with Crippen LogP contribution in [0, 0.1) is 0 Å². The minimum atomic E-state index is -4.62. The van der Waals surface area contributed by atoms with Crippen molar-refractivity contribution in [2.24, 2.45) is 0 Å². The summed E-state index contributed by atoms with van der Waals surface area (Å²) in [5.74, 6) is -0.123. The minimum Gasteiger partial charge on any atom is -0.382 e. The highest BCUT2D eigenvalue weighted by Gasteiger charge is 2.36. The number of hydrogen-bond acceptors (Lipinski definition) is 4. The summed E-state index contributed by atoms with van der Waals surface area (Å²) >= 11 is 3.27. The van der Waals surface area contributed by atoms with Gasteiger partial charge in [-0.3, -0.25) is 0 Å². The fourth-order valence-electron chi connectivity index (χ4n) is 2.05. The van der Waals surface area contributed by atoms with Gasteiger partial charge in [-0.15, -0.1) is 0 Å². The van der Waals surface area contributed by atoms with Crippen LogP contribution in [0.5, 0.6) is 0 Å². The minimum absolute atomic E-state index is 0.0141. The Kier molecular flexibility index (Phi) is 3.48. The zero-order valence-corrected chi connectivity index (χ0v) is 12.5. The van der Waals surface area contributed by atoms with E-state index in [1.54, 1.807) is 24.3 Å². The van der Waals surface area contributed by atoms with Gasteiger partial charge in [0.15, 0.2) is 11.5 Å². The fourth-order valence-corrected chi connectivity index (χ4v) is 2.45. The van der Waals surface area contributed by atoms with Crippen molar-refractivity contribution in [2.75, 3.05) is 5.73 Å². The Balaban J connectivity index is 2.36. The van der Waals surface area contributed by atoms with Gasteiger partial charge >= 0.3 is 6.18 Å². The van der Waals surface area contributed by atoms with Crippen molar-refractivity contribution >= 4 is 32.7 Å². The second-order valence-electron chi connectivity index (χ2n) is 4.50. The van der Waals surface area contributed by atoms with Gasteiger partial charge in [-0.1, -0.05) is 28.1 Å². The average molecular weight is 369 g/mol. The average Bonchev–Trinajstić information content (AvgIpc) is 2.46. The smallest absolute Gasteiger partial charge is 0.382 e. The first-order valence-corrected chi connectivity index (χ1v) is 6.91. The molecule has 0 fully saturated rings. The number of pyridine rings is 1. The molecule has 0 bridgehead atoms. The molecule has 0 saturated heterocycles. The number of benzene rings is 1. The maximum absolute atomic E-state index is 13.3. The van der Waals surface area contributed by atoms with Crippen molar-refractivity contribution in [2.45, 2.75) is 6.18 Å². The molecule has 0 radical (unpaired) electrons. The van der Waals surface area contributed by atoms with Crippen LogP contribution in [-0.4, -0.2) is 15.0 Å². The number of anilines is 1. The highest BCUT2D eigenvalue weighted by atomic mass is 79.9. The van der Waals surface area contributed by atoms with Crippen LogP contribution in [-0.2, 0) is 6.18 Å². The summed E-state index contributed by atoms with van der Waals surface area (Å²) in [6.07, 6.45) is -3.41. The molecule has 3 rings (SSSR count). The lowest BCUT2D eigenvalue weighted by Crippen LogP contribution is -2.11. The Labute approximate surface area is 131 Å². The Morgan fingerprint density at radius 2 is 1.86 bits per heavy atom. The normalized spacial score (nSPS) is 11.8. The molecule has 1 aromatic carbocycles. The van der Waals surface area contributed by atoms with E-state index < -0.39 is 11.9 Å². The topological polar surface area (TPSA) is 64.7 Å². The summed E-state index contributed by atoms with van der Waals surface area (Å²) in [5.41, 5.74) is 5.08. The molecule has 22 heavy (non-hydrogen) atoms. The number of hydrogen-bond donors (Lipinski definition) is 1. The van der Waals surface area contributed by atoms with Crippen LogP contribution in [0.1, 0.15) is 5.69 Å². The SMILES string of the molecule is Nc1nccc2c(C(F)(F)F)nc(-c3cccc(Br)c3)nc12. The lowest BCUT2D eigenvalue weighted by Gasteiger charge is -2.12. The molecule has 0 aliphatic carbocycles. The molecule has 4 nitrogen and oxygen atoms in total. The van der Waals surface area contributed by atoms with E-state index in [4.69, 9.17) is 5.73 Å². The van der Waals surface area contributed by atoms with Crippen LogP contribution >= 0.6 is 15.9 Å². The number of aromatic nitrogens is 3. The van der Waals surface area contributed by atoms with Crippen molar-refractivity contribution in [3.8, 4) is 11.4 Å². The molecule has 2 heterocycles. The van der Waals surface area contributed by atoms with Gasteiger partial charge in [-0.05, 0) is 18.2 Å². The maximum Gasteiger partial charge on any atom is 0.434 e. The zero-order valence-electron chi connectivity index (χ0n) is 10.9. The number of nitrogens with two attached hydrogens (primary N) is 1. The molecule has 0 aliphatic heterocycles. The number of alkyl halides is 3. The van der Waals surface area contributed by atoms with E-state index in [2.05, 4.69) is 30.9 Å². The van der Waals surface area contributed by atoms with Crippen LogP contribution in [0.3, 0.4) is 0 Å². The van der Waals surface area contributed by atoms with E-state index in [-0.39, 0.29) is 22.5 Å². The molecular formula is C14H8BrF3N4. The highest BCUT2D eigenvalue weighted by Crippen LogP contribution is 2.35. The van der Waals surface area contributed by atoms with Gasteiger partial charge in [0.25, 0.3) is 0 Å². The van der Waals surface area contributed by atoms with E-state index in [1.807, 2.05) is 0 Å². The van der Waals surface area contributed by atoms with E-state index in [0.717, 1.165) is 0 Å². The van der Waals surface area contributed by atoms with Crippen LogP contribution in [0.15, 0.2) is 41.0 Å². The molecule has 0 aliphatic rings. The number of nitrogens with zero attached hydrogens (tertiary/aromatic N) is 3. The van der Waals surface area contributed by atoms with Gasteiger partial charge in [-0.25, -0.2) is 15.0 Å². The first-order valence-electron chi connectivity index (χ1n) is 6.11. The standard InChI is InChI=1S/C14H8BrF3N4/c15-8-3-1-2-7(6-8)13-21-10-9(4-5-20-12(10)19)11(22-13)14(16,17)18/h1-6H,(H2,19,20). The largest absolute Gasteiger partial charge is 0.434 e. The van der Waals surface area contributed by atoms with Gasteiger partial charge in [0.05, 0.1) is 0 Å². The third kappa shape index (κ3) is 2.61. The Bertz CT molecular complexity index is 864. The Morgan fingerprint density at radius 3 is 2.55 bits per heavy atom. The van der Waals surface area contributed by atoms with Crippen molar-refractivity contribution in [1.82, 2.24) is 15.0 Å². The molecule has 112 valence electrons. The second-order valence-corrected chi connectivity index (χ2v) is 5.41. The molecule has 0 spiro atoms. The third-order valence-corrected chi connectivity index (χ3v) is 3.49. The summed E-state index contributed by atoms with van der Waals surface area (Å²) in [6.45, 7) is 0. The molecule has 0 unspecified atom stereocenters. The predicted molar refractivity (Wildman–Crippen MR) is 79.9 cm³/mol. The summed E-state index contributed by atoms with van der Waals surface area (Å²) < 4.78 is 40.5.